The van der Waals surface area contributed by atoms with Gasteiger partial charge in [-0.3, -0.25) is 4.79 Å². The second-order valence-corrected chi connectivity index (χ2v) is 5.83. The van der Waals surface area contributed by atoms with Crippen LogP contribution in [0.15, 0.2) is 48.5 Å². The molecule has 0 saturated carbocycles. The van der Waals surface area contributed by atoms with E-state index in [1.54, 1.807) is 6.07 Å². The number of aryl methyl sites for hydroxylation is 1. The number of ether oxygens (including phenoxy) is 2. The minimum absolute atomic E-state index is 0.152. The lowest BCUT2D eigenvalue weighted by Crippen LogP contribution is -2.08. The number of fused-ring (bicyclic) bond motifs is 1. The van der Waals surface area contributed by atoms with E-state index in [0.717, 1.165) is 16.6 Å². The highest BCUT2D eigenvalue weighted by molar-refractivity contribution is 6.31. The Morgan fingerprint density at radius 2 is 1.72 bits per heavy atom. The molecule has 0 spiro atoms. The van der Waals surface area contributed by atoms with Crippen LogP contribution in [-0.4, -0.2) is 23.0 Å². The van der Waals surface area contributed by atoms with Crippen LogP contribution in [0.25, 0.3) is 11.0 Å². The second-order valence-electron chi connectivity index (χ2n) is 5.42. The second kappa shape index (κ2) is 7.94. The van der Waals surface area contributed by atoms with Gasteiger partial charge in [0.15, 0.2) is 0 Å². The van der Waals surface area contributed by atoms with E-state index in [0.29, 0.717) is 23.0 Å². The lowest BCUT2D eigenvalue weighted by Gasteiger charge is -2.09. The third kappa shape index (κ3) is 4.25. The number of methoxy groups -OCH3 is 1. The highest BCUT2D eigenvalue weighted by atomic mass is 35.5. The van der Waals surface area contributed by atoms with E-state index in [1.165, 1.54) is 7.11 Å². The maximum Gasteiger partial charge on any atom is 0.306 e. The number of carbonyl (C=O) groups excluding carboxylic acids is 1. The first-order chi connectivity index (χ1) is 12.2. The maximum absolute atomic E-state index is 12.0. The van der Waals surface area contributed by atoms with E-state index in [2.05, 4.69) is 9.97 Å². The molecule has 3 aromatic rings. The van der Waals surface area contributed by atoms with Crippen molar-refractivity contribution in [3.63, 3.8) is 0 Å². The van der Waals surface area contributed by atoms with Gasteiger partial charge in [0.05, 0.1) is 24.6 Å². The topological polar surface area (TPSA) is 61.3 Å². The molecule has 2 aromatic carbocycles. The van der Waals surface area contributed by atoms with Gasteiger partial charge in [0.2, 0.25) is 5.88 Å². The average Bonchev–Trinajstić information content (AvgIpc) is 2.64. The van der Waals surface area contributed by atoms with Crippen molar-refractivity contribution in [2.24, 2.45) is 0 Å². The standard InChI is InChI=1S/C19H17ClN2O3/c1-24-19-17(21-15-8-4-5-9-16(15)22-19)10-11-18(23)25-12-13-6-2-3-7-14(13)20/h2-9H,10-12H2,1H3. The summed E-state index contributed by atoms with van der Waals surface area (Å²) in [6.45, 7) is 0.152. The van der Waals surface area contributed by atoms with Crippen LogP contribution in [-0.2, 0) is 22.6 Å². The van der Waals surface area contributed by atoms with Gasteiger partial charge in [0.1, 0.15) is 12.3 Å². The average molecular weight is 357 g/mol. The van der Waals surface area contributed by atoms with Crippen molar-refractivity contribution < 1.29 is 14.3 Å². The monoisotopic (exact) mass is 356 g/mol. The van der Waals surface area contributed by atoms with Crippen molar-refractivity contribution in [2.45, 2.75) is 19.4 Å². The largest absolute Gasteiger partial charge is 0.480 e. The summed E-state index contributed by atoms with van der Waals surface area (Å²) >= 11 is 6.05. The zero-order chi connectivity index (χ0) is 17.6. The van der Waals surface area contributed by atoms with Crippen molar-refractivity contribution >= 4 is 28.6 Å². The first-order valence-electron chi connectivity index (χ1n) is 7.86. The SMILES string of the molecule is COc1nc2ccccc2nc1CCC(=O)OCc1ccccc1Cl. The van der Waals surface area contributed by atoms with Crippen molar-refractivity contribution in [2.75, 3.05) is 7.11 Å². The van der Waals surface area contributed by atoms with Gasteiger partial charge in [0, 0.05) is 17.0 Å². The highest BCUT2D eigenvalue weighted by Crippen LogP contribution is 2.20. The molecule has 0 radical (unpaired) electrons. The van der Waals surface area contributed by atoms with E-state index < -0.39 is 0 Å². The van der Waals surface area contributed by atoms with Crippen LogP contribution in [0.4, 0.5) is 0 Å². The Morgan fingerprint density at radius 1 is 1.04 bits per heavy atom. The Kier molecular flexibility index (Phi) is 5.46. The van der Waals surface area contributed by atoms with Crippen molar-refractivity contribution in [1.82, 2.24) is 9.97 Å². The third-order valence-electron chi connectivity index (χ3n) is 3.71. The molecule has 0 atom stereocenters. The van der Waals surface area contributed by atoms with Crippen LogP contribution in [0.2, 0.25) is 5.02 Å². The molecule has 3 rings (SSSR count). The lowest BCUT2D eigenvalue weighted by molar-refractivity contribution is -0.144. The number of hydrogen-bond donors (Lipinski definition) is 0. The van der Waals surface area contributed by atoms with Crippen molar-refractivity contribution in [3.8, 4) is 5.88 Å². The van der Waals surface area contributed by atoms with Gasteiger partial charge < -0.3 is 9.47 Å². The number of benzene rings is 2. The number of esters is 1. The molecule has 0 fully saturated rings. The summed E-state index contributed by atoms with van der Waals surface area (Å²) in [5, 5.41) is 0.581. The minimum atomic E-state index is -0.322. The van der Waals surface area contributed by atoms with E-state index in [-0.39, 0.29) is 19.0 Å². The number of nitrogens with zero attached hydrogens (tertiary/aromatic N) is 2. The van der Waals surface area contributed by atoms with E-state index >= 15 is 0 Å². The lowest BCUT2D eigenvalue weighted by atomic mass is 10.2. The first kappa shape index (κ1) is 17.2. The molecule has 0 unspecified atom stereocenters. The Hall–Kier alpha value is -2.66. The molecule has 1 aromatic heterocycles. The van der Waals surface area contributed by atoms with Gasteiger partial charge in [-0.05, 0) is 18.2 Å². The van der Waals surface area contributed by atoms with Gasteiger partial charge in [-0.2, -0.15) is 0 Å². The van der Waals surface area contributed by atoms with Gasteiger partial charge in [-0.25, -0.2) is 9.97 Å². The van der Waals surface area contributed by atoms with Crippen LogP contribution >= 0.6 is 11.6 Å². The Labute approximate surface area is 150 Å². The molecule has 25 heavy (non-hydrogen) atoms. The Morgan fingerprint density at radius 3 is 2.44 bits per heavy atom. The summed E-state index contributed by atoms with van der Waals surface area (Å²) in [5.74, 6) is 0.106. The van der Waals surface area contributed by atoms with Gasteiger partial charge in [0.25, 0.3) is 0 Å². The number of rotatable bonds is 6. The molecule has 6 heteroatoms. The predicted molar refractivity (Wildman–Crippen MR) is 95.7 cm³/mol. The van der Waals surface area contributed by atoms with Crippen LogP contribution < -0.4 is 4.74 Å². The zero-order valence-electron chi connectivity index (χ0n) is 13.7. The van der Waals surface area contributed by atoms with E-state index in [4.69, 9.17) is 21.1 Å². The molecule has 0 saturated heterocycles. The van der Waals surface area contributed by atoms with Crippen LogP contribution in [0, 0.1) is 0 Å². The fourth-order valence-corrected chi connectivity index (χ4v) is 2.60. The van der Waals surface area contributed by atoms with Gasteiger partial charge in [-0.15, -0.1) is 0 Å². The molecule has 0 aliphatic rings. The van der Waals surface area contributed by atoms with Gasteiger partial charge in [-0.1, -0.05) is 41.9 Å². The molecule has 0 bridgehead atoms. The molecule has 0 aliphatic carbocycles. The quantitative estimate of drug-likeness (QED) is 0.625. The fourth-order valence-electron chi connectivity index (χ4n) is 2.41. The van der Waals surface area contributed by atoms with Crippen molar-refractivity contribution in [3.05, 3.63) is 64.8 Å². The molecular formula is C19H17ClN2O3. The maximum atomic E-state index is 12.0. The number of para-hydroxylation sites is 2. The molecular weight excluding hydrogens is 340 g/mol. The summed E-state index contributed by atoms with van der Waals surface area (Å²) in [7, 11) is 1.54. The molecule has 0 aliphatic heterocycles. The number of halogens is 1. The fraction of sp³-hybridized carbons (Fsp3) is 0.211. The summed E-state index contributed by atoms with van der Waals surface area (Å²) < 4.78 is 10.6. The normalized spacial score (nSPS) is 10.6. The first-order valence-corrected chi connectivity index (χ1v) is 8.24. The van der Waals surface area contributed by atoms with Crippen LogP contribution in [0.5, 0.6) is 5.88 Å². The third-order valence-corrected chi connectivity index (χ3v) is 4.08. The Bertz CT molecular complexity index is 899. The van der Waals surface area contributed by atoms with Gasteiger partial charge >= 0.3 is 5.97 Å². The predicted octanol–water partition coefficient (Wildman–Crippen LogP) is 3.97. The number of carbonyl (C=O) groups is 1. The molecule has 128 valence electrons. The van der Waals surface area contributed by atoms with Crippen molar-refractivity contribution in [1.29, 1.82) is 0 Å². The minimum Gasteiger partial charge on any atom is -0.480 e. The molecule has 0 N–H and O–H groups in total. The summed E-state index contributed by atoms with van der Waals surface area (Å²) in [5.41, 5.74) is 2.93. The number of aromatic nitrogens is 2. The van der Waals surface area contributed by atoms with E-state index in [1.807, 2.05) is 42.5 Å². The molecule has 0 amide bonds. The van der Waals surface area contributed by atoms with Crippen LogP contribution in [0.1, 0.15) is 17.7 Å². The summed E-state index contributed by atoms with van der Waals surface area (Å²) in [4.78, 5) is 21.0. The summed E-state index contributed by atoms with van der Waals surface area (Å²) in [6.07, 6.45) is 0.580. The molecule has 1 heterocycles. The summed E-state index contributed by atoms with van der Waals surface area (Å²) in [6, 6.07) is 14.8. The Balaban J connectivity index is 1.63. The zero-order valence-corrected chi connectivity index (χ0v) is 14.5. The smallest absolute Gasteiger partial charge is 0.306 e. The number of hydrogen-bond acceptors (Lipinski definition) is 5. The van der Waals surface area contributed by atoms with E-state index in [9.17, 15) is 4.79 Å². The highest BCUT2D eigenvalue weighted by Gasteiger charge is 2.12. The molecule has 5 nitrogen and oxygen atoms in total. The van der Waals surface area contributed by atoms with Crippen LogP contribution in [0.3, 0.4) is 0 Å².